The molecule has 0 aliphatic carbocycles. The van der Waals surface area contributed by atoms with Crippen molar-refractivity contribution in [3.05, 3.63) is 38.0 Å². The van der Waals surface area contributed by atoms with Crippen LogP contribution in [0, 0.1) is 5.41 Å². The Morgan fingerprint density at radius 3 is 0.893 bits per heavy atom. The fraction of sp³-hybridized carbons (Fsp3) is 0.500. The first-order valence-electron chi connectivity index (χ1n) is 7.97. The minimum absolute atomic E-state index is 0.156. The molecule has 10 nitrogen and oxygen atoms in total. The Hall–Kier alpha value is -2.53. The van der Waals surface area contributed by atoms with Crippen molar-refractivity contribution in [2.45, 2.75) is 26.7 Å². The molecule has 0 amide bonds. The zero-order valence-corrected chi connectivity index (χ0v) is 16.5. The molecule has 0 atom stereocenters. The van der Waals surface area contributed by atoms with Crippen LogP contribution in [-0.4, -0.2) is 80.1 Å². The van der Waals surface area contributed by atoms with E-state index in [0.29, 0.717) is 13.0 Å². The van der Waals surface area contributed by atoms with E-state index in [1.165, 1.54) is 0 Å². The van der Waals surface area contributed by atoms with Gasteiger partial charge in [0.1, 0.15) is 0 Å². The number of carbonyl (C=O) groups is 3. The standard InChI is InChI=1S/C6H14O3.3C3H4O2.C3H8O/c1-2-6(3-7,4-8)5-9;3*1-2-3(4)5;1-2-3-4/h7-9H,2-5H2,1H3;3*2H,1H2,(H,4,5);4H,2-3H2,1H3. The second kappa shape index (κ2) is 29.2. The first-order valence-corrected chi connectivity index (χ1v) is 7.97. The summed E-state index contributed by atoms with van der Waals surface area (Å²) in [5.41, 5.74) is -0.667. The van der Waals surface area contributed by atoms with Crippen molar-refractivity contribution in [1.29, 1.82) is 0 Å². The number of aliphatic carboxylic acids is 3. The van der Waals surface area contributed by atoms with Gasteiger partial charge in [0.05, 0.1) is 19.8 Å². The molecule has 0 aromatic rings. The topological polar surface area (TPSA) is 193 Å². The van der Waals surface area contributed by atoms with Gasteiger partial charge in [-0.15, -0.1) is 0 Å². The van der Waals surface area contributed by atoms with E-state index >= 15 is 0 Å². The first-order chi connectivity index (χ1) is 13.0. The van der Waals surface area contributed by atoms with Crippen molar-refractivity contribution < 1.29 is 50.1 Å². The molecule has 0 bridgehead atoms. The van der Waals surface area contributed by atoms with Crippen molar-refractivity contribution in [2.75, 3.05) is 26.4 Å². The van der Waals surface area contributed by atoms with Crippen molar-refractivity contribution in [2.24, 2.45) is 5.41 Å². The van der Waals surface area contributed by atoms with Gasteiger partial charge in [-0.3, -0.25) is 0 Å². The number of aliphatic hydroxyl groups is 4. The van der Waals surface area contributed by atoms with Crippen LogP contribution in [0.15, 0.2) is 38.0 Å². The van der Waals surface area contributed by atoms with E-state index in [2.05, 4.69) is 19.7 Å². The van der Waals surface area contributed by atoms with Crippen LogP contribution in [-0.2, 0) is 14.4 Å². The molecule has 10 heteroatoms. The molecule has 166 valence electrons. The van der Waals surface area contributed by atoms with E-state index < -0.39 is 23.3 Å². The first kappa shape index (κ1) is 36.4. The molecule has 0 unspecified atom stereocenters. The number of aliphatic hydroxyl groups excluding tert-OH is 4. The zero-order chi connectivity index (χ0) is 23.6. The molecule has 0 saturated carbocycles. The van der Waals surface area contributed by atoms with Crippen LogP contribution in [0.1, 0.15) is 26.7 Å². The van der Waals surface area contributed by atoms with Crippen LogP contribution in [0.4, 0.5) is 0 Å². The number of hydrogen-bond acceptors (Lipinski definition) is 7. The summed E-state index contributed by atoms with van der Waals surface area (Å²) in [5.74, 6) is -2.94. The van der Waals surface area contributed by atoms with E-state index in [4.69, 9.17) is 35.7 Å². The molecule has 0 heterocycles. The Morgan fingerprint density at radius 2 is 0.893 bits per heavy atom. The van der Waals surface area contributed by atoms with Crippen LogP contribution >= 0.6 is 0 Å². The van der Waals surface area contributed by atoms with Crippen LogP contribution in [0.25, 0.3) is 0 Å². The highest BCUT2D eigenvalue weighted by Crippen LogP contribution is 2.18. The minimum atomic E-state index is -0.981. The maximum atomic E-state index is 9.25. The number of carboxylic acid groups (broad SMARTS) is 3. The average Bonchev–Trinajstić information content (AvgIpc) is 2.71. The second-order valence-electron chi connectivity index (χ2n) is 4.68. The zero-order valence-electron chi connectivity index (χ0n) is 16.5. The highest BCUT2D eigenvalue weighted by molar-refractivity contribution is 5.79. The second-order valence-corrected chi connectivity index (χ2v) is 4.68. The van der Waals surface area contributed by atoms with Gasteiger partial charge in [0, 0.05) is 30.2 Å². The molecule has 7 N–H and O–H groups in total. The molecular weight excluding hydrogens is 376 g/mol. The summed E-state index contributed by atoms with van der Waals surface area (Å²) in [7, 11) is 0. The molecule has 0 rings (SSSR count). The van der Waals surface area contributed by atoms with Gasteiger partial charge in [0.15, 0.2) is 0 Å². The van der Waals surface area contributed by atoms with Gasteiger partial charge in [-0.1, -0.05) is 33.6 Å². The molecular formula is C18H34O10. The van der Waals surface area contributed by atoms with Crippen LogP contribution in [0.2, 0.25) is 0 Å². The van der Waals surface area contributed by atoms with Gasteiger partial charge < -0.3 is 35.7 Å². The summed E-state index contributed by atoms with van der Waals surface area (Å²) in [6, 6.07) is 0. The molecule has 0 aromatic carbocycles. The summed E-state index contributed by atoms with van der Waals surface area (Å²) in [6.45, 7) is 12.5. The van der Waals surface area contributed by atoms with Crippen LogP contribution in [0.3, 0.4) is 0 Å². The Labute approximate surface area is 165 Å². The maximum Gasteiger partial charge on any atom is 0.327 e. The van der Waals surface area contributed by atoms with E-state index in [9.17, 15) is 14.4 Å². The SMILES string of the molecule is C=CC(=O)O.C=CC(=O)O.C=CC(=O)O.CCC(CO)(CO)CO.CCCO. The Bertz CT molecular complexity index is 352. The molecule has 0 spiro atoms. The van der Waals surface area contributed by atoms with Crippen molar-refractivity contribution in [3.8, 4) is 0 Å². The molecule has 0 fully saturated rings. The van der Waals surface area contributed by atoms with Crippen LogP contribution < -0.4 is 0 Å². The Balaban J connectivity index is -0.0000000819. The molecule has 28 heavy (non-hydrogen) atoms. The largest absolute Gasteiger partial charge is 0.478 e. The van der Waals surface area contributed by atoms with Gasteiger partial charge in [-0.2, -0.15) is 0 Å². The van der Waals surface area contributed by atoms with Gasteiger partial charge >= 0.3 is 17.9 Å². The summed E-state index contributed by atoms with van der Waals surface area (Å²) in [6.07, 6.45) is 3.97. The highest BCUT2D eigenvalue weighted by atomic mass is 16.4. The number of hydrogen-bond donors (Lipinski definition) is 7. The molecule has 0 saturated heterocycles. The molecule has 0 aliphatic heterocycles. The fourth-order valence-corrected chi connectivity index (χ4v) is 0.485. The van der Waals surface area contributed by atoms with Crippen LogP contribution in [0.5, 0.6) is 0 Å². The monoisotopic (exact) mass is 410 g/mol. The molecule has 0 aromatic heterocycles. The lowest BCUT2D eigenvalue weighted by Crippen LogP contribution is -2.32. The van der Waals surface area contributed by atoms with E-state index in [-0.39, 0.29) is 19.8 Å². The predicted molar refractivity (Wildman–Crippen MR) is 105 cm³/mol. The smallest absolute Gasteiger partial charge is 0.327 e. The predicted octanol–water partition coefficient (Wildman–Crippen LogP) is 0.519. The lowest BCUT2D eigenvalue weighted by Gasteiger charge is -2.24. The number of rotatable bonds is 8. The Morgan fingerprint density at radius 1 is 0.714 bits per heavy atom. The molecule has 0 aliphatic rings. The lowest BCUT2D eigenvalue weighted by molar-refractivity contribution is -0.132. The number of carboxylic acids is 3. The maximum absolute atomic E-state index is 9.25. The van der Waals surface area contributed by atoms with E-state index in [1.54, 1.807) is 0 Å². The summed E-state index contributed by atoms with van der Waals surface area (Å²) < 4.78 is 0. The van der Waals surface area contributed by atoms with E-state index in [1.807, 2.05) is 13.8 Å². The quantitative estimate of drug-likeness (QED) is 0.277. The third-order valence-electron chi connectivity index (χ3n) is 2.50. The normalized spacial score (nSPS) is 8.36. The third kappa shape index (κ3) is 43.7. The summed E-state index contributed by atoms with van der Waals surface area (Å²) >= 11 is 0. The fourth-order valence-electron chi connectivity index (χ4n) is 0.485. The minimum Gasteiger partial charge on any atom is -0.478 e. The summed E-state index contributed by atoms with van der Waals surface area (Å²) in [5, 5.41) is 56.7. The lowest BCUT2D eigenvalue weighted by atomic mass is 9.88. The van der Waals surface area contributed by atoms with Gasteiger partial charge in [-0.05, 0) is 12.8 Å². The van der Waals surface area contributed by atoms with Gasteiger partial charge in [0.2, 0.25) is 0 Å². The third-order valence-corrected chi connectivity index (χ3v) is 2.50. The van der Waals surface area contributed by atoms with Crippen molar-refractivity contribution >= 4 is 17.9 Å². The Kier molecular flexibility index (Phi) is 38.0. The van der Waals surface area contributed by atoms with Crippen molar-refractivity contribution in [3.63, 3.8) is 0 Å². The van der Waals surface area contributed by atoms with Gasteiger partial charge in [-0.25, -0.2) is 14.4 Å². The van der Waals surface area contributed by atoms with E-state index in [0.717, 1.165) is 24.6 Å². The summed E-state index contributed by atoms with van der Waals surface area (Å²) in [4.78, 5) is 27.8. The van der Waals surface area contributed by atoms with Crippen molar-refractivity contribution in [1.82, 2.24) is 0 Å². The molecule has 0 radical (unpaired) electrons. The average molecular weight is 410 g/mol. The van der Waals surface area contributed by atoms with Gasteiger partial charge in [0.25, 0.3) is 0 Å². The highest BCUT2D eigenvalue weighted by Gasteiger charge is 2.24.